The van der Waals surface area contributed by atoms with E-state index in [1.165, 1.54) is 12.8 Å². The number of rotatable bonds is 7. The number of hydrogen-bond donors (Lipinski definition) is 1. The number of halogens is 1. The van der Waals surface area contributed by atoms with Crippen LogP contribution in [0.4, 0.5) is 0 Å². The zero-order valence-corrected chi connectivity index (χ0v) is 15.1. The number of piperidine rings is 1. The van der Waals surface area contributed by atoms with E-state index in [0.717, 1.165) is 31.6 Å². The fourth-order valence-electron chi connectivity index (χ4n) is 3.92. The van der Waals surface area contributed by atoms with Crippen LogP contribution in [0, 0.1) is 5.92 Å². The molecule has 2 saturated heterocycles. The van der Waals surface area contributed by atoms with Gasteiger partial charge in [-0.25, -0.2) is 0 Å². The molecule has 1 N–H and O–H groups in total. The monoisotopic (exact) mass is 350 g/mol. The zero-order valence-electron chi connectivity index (χ0n) is 14.3. The summed E-state index contributed by atoms with van der Waals surface area (Å²) in [6.07, 6.45) is 6.41. The number of carbonyl (C=O) groups is 1. The highest BCUT2D eigenvalue weighted by Gasteiger charge is 2.34. The Morgan fingerprint density at radius 2 is 2.08 bits per heavy atom. The van der Waals surface area contributed by atoms with Crippen molar-refractivity contribution in [1.29, 1.82) is 0 Å². The second-order valence-corrected chi connectivity index (χ2v) is 7.59. The molecule has 3 rings (SSSR count). The fraction of sp³-hybridized carbons (Fsp3) is 0.632. The quantitative estimate of drug-likeness (QED) is 0.765. The van der Waals surface area contributed by atoms with Crippen LogP contribution in [0.3, 0.4) is 0 Å². The van der Waals surface area contributed by atoms with E-state index in [-0.39, 0.29) is 5.91 Å². The summed E-state index contributed by atoms with van der Waals surface area (Å²) in [7, 11) is 1.90. The second kappa shape index (κ2) is 8.21. The van der Waals surface area contributed by atoms with Crippen molar-refractivity contribution in [3.63, 3.8) is 0 Å². The molecule has 0 saturated carbocycles. The minimum absolute atomic E-state index is 0.268. The maximum absolute atomic E-state index is 12.4. The SMILES string of the molecule is CN(CCCOc1cccc(Cl)c1)C(=O)CC1CC2CCC(C1)N2. The van der Waals surface area contributed by atoms with E-state index >= 15 is 0 Å². The molecule has 2 unspecified atom stereocenters. The standard InChI is InChI=1S/C19H27ClN2O2/c1-22(8-3-9-24-18-5-2-4-15(20)13-18)19(23)12-14-10-16-6-7-17(11-14)21-16/h2,4-5,13-14,16-17,21H,3,6-12H2,1H3. The number of ether oxygens (including phenoxy) is 1. The molecule has 1 amide bonds. The number of fused-ring (bicyclic) bond motifs is 2. The van der Waals surface area contributed by atoms with Gasteiger partial charge in [0.15, 0.2) is 0 Å². The Morgan fingerprint density at radius 1 is 1.33 bits per heavy atom. The van der Waals surface area contributed by atoms with Crippen LogP contribution in [-0.2, 0) is 4.79 Å². The minimum atomic E-state index is 0.268. The molecule has 2 aliphatic rings. The summed E-state index contributed by atoms with van der Waals surface area (Å²) in [5.74, 6) is 1.60. The van der Waals surface area contributed by atoms with E-state index in [1.807, 2.05) is 36.2 Å². The zero-order chi connectivity index (χ0) is 16.9. The van der Waals surface area contributed by atoms with Gasteiger partial charge in [-0.2, -0.15) is 0 Å². The summed E-state index contributed by atoms with van der Waals surface area (Å²) in [6.45, 7) is 1.33. The van der Waals surface area contributed by atoms with Gasteiger partial charge in [-0.15, -0.1) is 0 Å². The Morgan fingerprint density at radius 3 is 2.79 bits per heavy atom. The smallest absolute Gasteiger partial charge is 0.222 e. The van der Waals surface area contributed by atoms with E-state index in [2.05, 4.69) is 5.32 Å². The molecular weight excluding hydrogens is 324 g/mol. The van der Waals surface area contributed by atoms with Crippen LogP contribution in [0.1, 0.15) is 38.5 Å². The lowest BCUT2D eigenvalue weighted by Gasteiger charge is -2.30. The van der Waals surface area contributed by atoms with Gasteiger partial charge in [-0.3, -0.25) is 4.79 Å². The third-order valence-electron chi connectivity index (χ3n) is 5.16. The van der Waals surface area contributed by atoms with Gasteiger partial charge in [-0.1, -0.05) is 17.7 Å². The van der Waals surface area contributed by atoms with Gasteiger partial charge in [0.2, 0.25) is 5.91 Å². The first kappa shape index (κ1) is 17.6. The molecule has 2 heterocycles. The molecule has 5 heteroatoms. The van der Waals surface area contributed by atoms with E-state index in [9.17, 15) is 4.79 Å². The van der Waals surface area contributed by atoms with Crippen LogP contribution < -0.4 is 10.1 Å². The van der Waals surface area contributed by atoms with E-state index in [0.29, 0.717) is 36.1 Å². The van der Waals surface area contributed by atoms with Gasteiger partial charge in [-0.05, 0) is 56.2 Å². The molecule has 2 bridgehead atoms. The summed E-state index contributed by atoms with van der Waals surface area (Å²) in [6, 6.07) is 8.71. The number of nitrogens with one attached hydrogen (secondary N) is 1. The van der Waals surface area contributed by atoms with Gasteiger partial charge in [0.1, 0.15) is 5.75 Å². The minimum Gasteiger partial charge on any atom is -0.493 e. The third kappa shape index (κ3) is 4.87. The van der Waals surface area contributed by atoms with Gasteiger partial charge in [0.05, 0.1) is 6.61 Å². The van der Waals surface area contributed by atoms with E-state index in [4.69, 9.17) is 16.3 Å². The molecular formula is C19H27ClN2O2. The highest BCUT2D eigenvalue weighted by molar-refractivity contribution is 6.30. The number of carbonyl (C=O) groups excluding carboxylic acids is 1. The lowest BCUT2D eigenvalue weighted by molar-refractivity contribution is -0.131. The van der Waals surface area contributed by atoms with Crippen LogP contribution in [0.5, 0.6) is 5.75 Å². The van der Waals surface area contributed by atoms with Crippen molar-refractivity contribution in [1.82, 2.24) is 10.2 Å². The number of amides is 1. The number of nitrogens with zero attached hydrogens (tertiary/aromatic N) is 1. The molecule has 2 aliphatic heterocycles. The predicted octanol–water partition coefficient (Wildman–Crippen LogP) is 3.49. The van der Waals surface area contributed by atoms with Crippen molar-refractivity contribution >= 4 is 17.5 Å². The molecule has 4 nitrogen and oxygen atoms in total. The Balaban J connectivity index is 1.34. The van der Waals surface area contributed by atoms with E-state index in [1.54, 1.807) is 0 Å². The second-order valence-electron chi connectivity index (χ2n) is 7.15. The predicted molar refractivity (Wildman–Crippen MR) is 96.5 cm³/mol. The average Bonchev–Trinajstić information content (AvgIpc) is 2.90. The molecule has 0 aromatic heterocycles. The normalized spacial score (nSPS) is 25.5. The van der Waals surface area contributed by atoms with Gasteiger partial charge in [0.25, 0.3) is 0 Å². The molecule has 0 aliphatic carbocycles. The maximum atomic E-state index is 12.4. The highest BCUT2D eigenvalue weighted by Crippen LogP contribution is 2.32. The van der Waals surface area contributed by atoms with Crippen LogP contribution >= 0.6 is 11.6 Å². The van der Waals surface area contributed by atoms with Crippen molar-refractivity contribution < 1.29 is 9.53 Å². The van der Waals surface area contributed by atoms with Crippen molar-refractivity contribution in [2.45, 2.75) is 50.6 Å². The summed E-state index contributed by atoms with van der Waals surface area (Å²) in [4.78, 5) is 14.3. The first-order chi connectivity index (χ1) is 11.6. The van der Waals surface area contributed by atoms with Crippen molar-refractivity contribution in [3.8, 4) is 5.75 Å². The van der Waals surface area contributed by atoms with Crippen molar-refractivity contribution in [2.75, 3.05) is 20.2 Å². The van der Waals surface area contributed by atoms with Gasteiger partial charge in [0, 0.05) is 37.1 Å². The van der Waals surface area contributed by atoms with Crippen LogP contribution in [0.25, 0.3) is 0 Å². The highest BCUT2D eigenvalue weighted by atomic mass is 35.5. The Labute approximate surface area is 149 Å². The van der Waals surface area contributed by atoms with Gasteiger partial charge >= 0.3 is 0 Å². The molecule has 0 radical (unpaired) electrons. The number of benzene rings is 1. The summed E-state index contributed by atoms with van der Waals surface area (Å²) >= 11 is 5.93. The Kier molecular flexibility index (Phi) is 6.01. The maximum Gasteiger partial charge on any atom is 0.222 e. The fourth-order valence-corrected chi connectivity index (χ4v) is 4.10. The summed E-state index contributed by atoms with van der Waals surface area (Å²) in [5.41, 5.74) is 0. The topological polar surface area (TPSA) is 41.6 Å². The lowest BCUT2D eigenvalue weighted by Crippen LogP contribution is -2.40. The number of hydrogen-bond acceptors (Lipinski definition) is 3. The van der Waals surface area contributed by atoms with Crippen molar-refractivity contribution in [2.24, 2.45) is 5.92 Å². The van der Waals surface area contributed by atoms with Crippen LogP contribution in [0.15, 0.2) is 24.3 Å². The average molecular weight is 351 g/mol. The van der Waals surface area contributed by atoms with Gasteiger partial charge < -0.3 is 15.0 Å². The molecule has 132 valence electrons. The summed E-state index contributed by atoms with van der Waals surface area (Å²) < 4.78 is 5.67. The van der Waals surface area contributed by atoms with Crippen LogP contribution in [-0.4, -0.2) is 43.1 Å². The largest absolute Gasteiger partial charge is 0.493 e. The first-order valence-electron chi connectivity index (χ1n) is 8.98. The van der Waals surface area contributed by atoms with E-state index < -0.39 is 0 Å². The lowest BCUT2D eigenvalue weighted by atomic mass is 9.89. The molecule has 2 fully saturated rings. The molecule has 1 aromatic rings. The molecule has 0 spiro atoms. The molecule has 1 aromatic carbocycles. The summed E-state index contributed by atoms with van der Waals surface area (Å²) in [5, 5.41) is 4.31. The third-order valence-corrected chi connectivity index (χ3v) is 5.40. The van der Waals surface area contributed by atoms with Crippen molar-refractivity contribution in [3.05, 3.63) is 29.3 Å². The molecule has 24 heavy (non-hydrogen) atoms. The Hall–Kier alpha value is -1.26. The molecule has 2 atom stereocenters. The Bertz CT molecular complexity index is 554. The first-order valence-corrected chi connectivity index (χ1v) is 9.36. The van der Waals surface area contributed by atoms with Crippen LogP contribution in [0.2, 0.25) is 5.02 Å².